The summed E-state index contributed by atoms with van der Waals surface area (Å²) < 4.78 is 5.21. The number of nitrogens with two attached hydrogens (primary N) is 1. The summed E-state index contributed by atoms with van der Waals surface area (Å²) >= 11 is 0. The topological polar surface area (TPSA) is 106 Å². The highest BCUT2D eigenvalue weighted by molar-refractivity contribution is 5.97. The van der Waals surface area contributed by atoms with Gasteiger partial charge in [-0.15, -0.1) is 0 Å². The number of fused-ring (bicyclic) bond motifs is 2. The van der Waals surface area contributed by atoms with Crippen LogP contribution in [0.5, 0.6) is 5.88 Å². The fraction of sp³-hybridized carbons (Fsp3) is 0.286. The minimum Gasteiger partial charge on any atom is -0.481 e. The third-order valence-electron chi connectivity index (χ3n) is 6.55. The van der Waals surface area contributed by atoms with Gasteiger partial charge in [-0.3, -0.25) is 4.79 Å². The van der Waals surface area contributed by atoms with E-state index in [0.29, 0.717) is 12.4 Å². The summed E-state index contributed by atoms with van der Waals surface area (Å²) in [6, 6.07) is 14.2. The number of pyridine rings is 1. The standard InChI is InChI=1S/C28H30N6O2/c1-17-11-20(19-6-8-24(36-4)30-14-19)13-23-25(17)31-16-32-26(23)34-10-9-18-5-7-22(12-21(18)15-34)33-27(35)28(2,3)29/h5-8,11-14,16H,9-10,15,29H2,1-4H3,(H,33,35). The Bertz CT molecular complexity index is 1440. The first-order valence-corrected chi connectivity index (χ1v) is 12.0. The van der Waals surface area contributed by atoms with Crippen molar-refractivity contribution >= 4 is 28.3 Å². The lowest BCUT2D eigenvalue weighted by atomic mass is 9.97. The molecule has 2 aromatic carbocycles. The maximum absolute atomic E-state index is 12.4. The molecule has 5 rings (SSSR count). The fourth-order valence-corrected chi connectivity index (χ4v) is 4.53. The van der Waals surface area contributed by atoms with Gasteiger partial charge in [-0.05, 0) is 79.8 Å². The first-order valence-electron chi connectivity index (χ1n) is 12.0. The summed E-state index contributed by atoms with van der Waals surface area (Å²) in [6.45, 7) is 6.99. The van der Waals surface area contributed by atoms with Gasteiger partial charge in [0.05, 0.1) is 18.2 Å². The van der Waals surface area contributed by atoms with Crippen molar-refractivity contribution in [3.8, 4) is 17.0 Å². The minimum atomic E-state index is -0.948. The third-order valence-corrected chi connectivity index (χ3v) is 6.55. The number of rotatable bonds is 5. The number of aromatic nitrogens is 3. The molecule has 3 N–H and O–H groups in total. The average Bonchev–Trinajstić information content (AvgIpc) is 2.87. The highest BCUT2D eigenvalue weighted by atomic mass is 16.5. The van der Waals surface area contributed by atoms with Crippen molar-refractivity contribution in [1.82, 2.24) is 15.0 Å². The summed E-state index contributed by atoms with van der Waals surface area (Å²) in [5.74, 6) is 1.26. The Morgan fingerprint density at radius 3 is 2.61 bits per heavy atom. The van der Waals surface area contributed by atoms with E-state index in [2.05, 4.69) is 45.3 Å². The maximum atomic E-state index is 12.4. The smallest absolute Gasteiger partial charge is 0.243 e. The number of nitrogens with zero attached hydrogens (tertiary/aromatic N) is 4. The highest BCUT2D eigenvalue weighted by Crippen LogP contribution is 2.34. The molecule has 2 aromatic heterocycles. The molecule has 8 heteroatoms. The van der Waals surface area contributed by atoms with Gasteiger partial charge >= 0.3 is 0 Å². The third kappa shape index (κ3) is 4.59. The lowest BCUT2D eigenvalue weighted by Gasteiger charge is -2.31. The van der Waals surface area contributed by atoms with Crippen molar-refractivity contribution in [2.75, 3.05) is 23.9 Å². The van der Waals surface area contributed by atoms with Crippen molar-refractivity contribution in [3.05, 3.63) is 71.7 Å². The molecule has 3 heterocycles. The van der Waals surface area contributed by atoms with Crippen molar-refractivity contribution < 1.29 is 9.53 Å². The molecule has 0 bridgehead atoms. The molecule has 0 saturated carbocycles. The Morgan fingerprint density at radius 2 is 1.89 bits per heavy atom. The van der Waals surface area contributed by atoms with Gasteiger partial charge in [0.25, 0.3) is 0 Å². The van der Waals surface area contributed by atoms with Crippen molar-refractivity contribution in [3.63, 3.8) is 0 Å². The van der Waals surface area contributed by atoms with E-state index in [0.717, 1.165) is 57.6 Å². The molecule has 0 fully saturated rings. The molecule has 0 aliphatic carbocycles. The van der Waals surface area contributed by atoms with E-state index in [1.807, 2.05) is 30.5 Å². The van der Waals surface area contributed by atoms with Crippen LogP contribution in [0.3, 0.4) is 0 Å². The monoisotopic (exact) mass is 482 g/mol. The molecular weight excluding hydrogens is 452 g/mol. The van der Waals surface area contributed by atoms with Crippen LogP contribution < -0.4 is 20.7 Å². The Morgan fingerprint density at radius 1 is 1.06 bits per heavy atom. The number of carbonyl (C=O) groups is 1. The number of ether oxygens (including phenoxy) is 1. The van der Waals surface area contributed by atoms with Crippen LogP contribution in [-0.2, 0) is 17.8 Å². The molecule has 4 aromatic rings. The van der Waals surface area contributed by atoms with Gasteiger partial charge in [-0.1, -0.05) is 6.07 Å². The largest absolute Gasteiger partial charge is 0.481 e. The number of methoxy groups -OCH3 is 1. The number of nitrogens with one attached hydrogen (secondary N) is 1. The number of hydrogen-bond donors (Lipinski definition) is 2. The molecular formula is C28H30N6O2. The molecule has 0 atom stereocenters. The van der Waals surface area contributed by atoms with E-state index < -0.39 is 5.54 Å². The number of carbonyl (C=O) groups excluding carboxylic acids is 1. The van der Waals surface area contributed by atoms with E-state index in [1.165, 1.54) is 5.56 Å². The first kappa shape index (κ1) is 23.7. The molecule has 8 nitrogen and oxygen atoms in total. The van der Waals surface area contributed by atoms with Crippen LogP contribution in [-0.4, -0.2) is 40.1 Å². The van der Waals surface area contributed by atoms with Crippen molar-refractivity contribution in [1.29, 1.82) is 0 Å². The van der Waals surface area contributed by atoms with E-state index in [9.17, 15) is 4.79 Å². The number of amides is 1. The van der Waals surface area contributed by atoms with E-state index in [1.54, 1.807) is 27.3 Å². The predicted molar refractivity (Wildman–Crippen MR) is 142 cm³/mol. The minimum absolute atomic E-state index is 0.215. The average molecular weight is 483 g/mol. The predicted octanol–water partition coefficient (Wildman–Crippen LogP) is 4.25. The fourth-order valence-electron chi connectivity index (χ4n) is 4.53. The summed E-state index contributed by atoms with van der Waals surface area (Å²) in [6.07, 6.45) is 4.34. The van der Waals surface area contributed by atoms with Gasteiger partial charge in [0.2, 0.25) is 11.8 Å². The number of hydrogen-bond acceptors (Lipinski definition) is 7. The van der Waals surface area contributed by atoms with Crippen LogP contribution >= 0.6 is 0 Å². The van der Waals surface area contributed by atoms with Gasteiger partial charge in [-0.25, -0.2) is 15.0 Å². The van der Waals surface area contributed by atoms with E-state index in [-0.39, 0.29) is 5.91 Å². The molecule has 1 amide bonds. The van der Waals surface area contributed by atoms with Gasteiger partial charge in [0.15, 0.2) is 0 Å². The summed E-state index contributed by atoms with van der Waals surface area (Å²) in [5, 5.41) is 3.94. The van der Waals surface area contributed by atoms with E-state index >= 15 is 0 Å². The number of benzene rings is 2. The molecule has 0 radical (unpaired) electrons. The quantitative estimate of drug-likeness (QED) is 0.438. The van der Waals surface area contributed by atoms with Crippen LogP contribution in [0.2, 0.25) is 0 Å². The van der Waals surface area contributed by atoms with Gasteiger partial charge in [-0.2, -0.15) is 0 Å². The van der Waals surface area contributed by atoms with E-state index in [4.69, 9.17) is 15.5 Å². The van der Waals surface area contributed by atoms with Crippen LogP contribution in [0.25, 0.3) is 22.0 Å². The number of aryl methyl sites for hydroxylation is 1. The van der Waals surface area contributed by atoms with Gasteiger partial charge in [0.1, 0.15) is 12.1 Å². The molecule has 0 saturated heterocycles. The summed E-state index contributed by atoms with van der Waals surface area (Å²) in [5.41, 5.74) is 12.3. The summed E-state index contributed by atoms with van der Waals surface area (Å²) in [4.78, 5) is 28.3. The second-order valence-corrected chi connectivity index (χ2v) is 9.81. The molecule has 36 heavy (non-hydrogen) atoms. The molecule has 184 valence electrons. The SMILES string of the molecule is COc1ccc(-c2cc(C)c3ncnc(N4CCc5ccc(NC(=O)C(C)(C)N)cc5C4)c3c2)cn1. The second kappa shape index (κ2) is 9.20. The molecule has 0 spiro atoms. The molecule has 1 aliphatic rings. The van der Waals surface area contributed by atoms with Crippen LogP contribution in [0.15, 0.2) is 55.0 Å². The second-order valence-electron chi connectivity index (χ2n) is 9.81. The number of anilines is 2. The van der Waals surface area contributed by atoms with Crippen molar-refractivity contribution in [2.45, 2.75) is 39.3 Å². The zero-order valence-electron chi connectivity index (χ0n) is 21.0. The Balaban J connectivity index is 1.49. The first-order chi connectivity index (χ1) is 17.2. The maximum Gasteiger partial charge on any atom is 0.243 e. The Hall–Kier alpha value is -4.04. The lowest BCUT2D eigenvalue weighted by molar-refractivity contribution is -0.120. The van der Waals surface area contributed by atoms with Crippen molar-refractivity contribution in [2.24, 2.45) is 5.73 Å². The zero-order valence-corrected chi connectivity index (χ0v) is 21.0. The molecule has 0 unspecified atom stereocenters. The lowest BCUT2D eigenvalue weighted by Crippen LogP contribution is -2.45. The van der Waals surface area contributed by atoms with Crippen LogP contribution in [0.4, 0.5) is 11.5 Å². The molecule has 1 aliphatic heterocycles. The Labute approximate surface area is 210 Å². The highest BCUT2D eigenvalue weighted by Gasteiger charge is 2.24. The van der Waals surface area contributed by atoms with Gasteiger partial charge in [0, 0.05) is 42.0 Å². The Kier molecular flexibility index (Phi) is 6.05. The summed E-state index contributed by atoms with van der Waals surface area (Å²) in [7, 11) is 1.61. The van der Waals surface area contributed by atoms with Gasteiger partial charge < -0.3 is 20.7 Å². The van der Waals surface area contributed by atoms with Crippen LogP contribution in [0.1, 0.15) is 30.5 Å². The van der Waals surface area contributed by atoms with Crippen LogP contribution in [0, 0.1) is 6.92 Å². The zero-order chi connectivity index (χ0) is 25.4. The normalized spacial score (nSPS) is 13.4.